The average Bonchev–Trinajstić information content (AvgIpc) is 2.86. The molecular weight excluding hydrogens is 246 g/mol. The number of aryl methyl sites for hydroxylation is 1. The van der Waals surface area contributed by atoms with Crippen LogP contribution in [-0.2, 0) is 17.6 Å². The molecule has 0 spiro atoms. The van der Waals surface area contributed by atoms with Gasteiger partial charge in [0.05, 0.1) is 0 Å². The molecule has 3 rings (SSSR count). The molecule has 5 nitrogen and oxygen atoms in total. The third kappa shape index (κ3) is 2.07. The Morgan fingerprint density at radius 3 is 2.89 bits per heavy atom. The number of primary amides is 1. The highest BCUT2D eigenvalue weighted by Gasteiger charge is 2.19. The summed E-state index contributed by atoms with van der Waals surface area (Å²) in [5, 5.41) is 0.943. The van der Waals surface area contributed by atoms with Crippen molar-refractivity contribution in [2.24, 2.45) is 5.73 Å². The molecular formula is C14H13NO4. The molecule has 19 heavy (non-hydrogen) atoms. The van der Waals surface area contributed by atoms with Gasteiger partial charge in [0.2, 0.25) is 0 Å². The van der Waals surface area contributed by atoms with Gasteiger partial charge < -0.3 is 14.9 Å². The molecule has 1 aromatic carbocycles. The maximum atomic E-state index is 11.8. The predicted molar refractivity (Wildman–Crippen MR) is 69.2 cm³/mol. The first-order valence-corrected chi connectivity index (χ1v) is 6.15. The molecule has 0 unspecified atom stereocenters. The van der Waals surface area contributed by atoms with E-state index in [1.54, 1.807) is 12.1 Å². The summed E-state index contributed by atoms with van der Waals surface area (Å²) in [7, 11) is 0. The summed E-state index contributed by atoms with van der Waals surface area (Å²) in [5.41, 5.74) is 7.10. The fourth-order valence-corrected chi connectivity index (χ4v) is 2.51. The van der Waals surface area contributed by atoms with Gasteiger partial charge in [0.1, 0.15) is 11.3 Å². The molecule has 0 aliphatic heterocycles. The van der Waals surface area contributed by atoms with Crippen molar-refractivity contribution in [2.75, 3.05) is 6.61 Å². The van der Waals surface area contributed by atoms with Crippen molar-refractivity contribution in [3.05, 3.63) is 39.7 Å². The van der Waals surface area contributed by atoms with E-state index in [1.807, 2.05) is 6.07 Å². The van der Waals surface area contributed by atoms with E-state index in [-0.39, 0.29) is 12.2 Å². The number of hydrogen-bond donors (Lipinski definition) is 1. The molecule has 0 saturated heterocycles. The number of amides is 1. The average molecular weight is 259 g/mol. The second-order valence-corrected chi connectivity index (χ2v) is 4.61. The van der Waals surface area contributed by atoms with Crippen LogP contribution >= 0.6 is 0 Å². The van der Waals surface area contributed by atoms with Gasteiger partial charge in [-0.2, -0.15) is 0 Å². The molecule has 98 valence electrons. The van der Waals surface area contributed by atoms with E-state index in [0.717, 1.165) is 35.8 Å². The van der Waals surface area contributed by atoms with Gasteiger partial charge in [-0.15, -0.1) is 0 Å². The van der Waals surface area contributed by atoms with Crippen molar-refractivity contribution >= 4 is 16.9 Å². The standard InChI is InChI=1S/C14H13NO4/c15-13(16)7-18-8-4-5-10-9-2-1-3-11(9)14(17)19-12(10)6-8/h4-6H,1-3,7H2,(H2,15,16). The maximum Gasteiger partial charge on any atom is 0.339 e. The van der Waals surface area contributed by atoms with Crippen molar-refractivity contribution in [3.8, 4) is 5.75 Å². The van der Waals surface area contributed by atoms with Crippen LogP contribution in [0.2, 0.25) is 0 Å². The van der Waals surface area contributed by atoms with Crippen LogP contribution in [0, 0.1) is 0 Å². The first-order chi connectivity index (χ1) is 9.15. The third-order valence-corrected chi connectivity index (χ3v) is 3.33. The highest BCUT2D eigenvalue weighted by molar-refractivity contribution is 5.83. The SMILES string of the molecule is NC(=O)COc1ccc2c3c(c(=O)oc2c1)CCC3. The Hall–Kier alpha value is -2.30. The van der Waals surface area contributed by atoms with E-state index in [9.17, 15) is 9.59 Å². The van der Waals surface area contributed by atoms with Crippen LogP contribution < -0.4 is 16.1 Å². The van der Waals surface area contributed by atoms with Gasteiger partial charge in [-0.3, -0.25) is 4.79 Å². The van der Waals surface area contributed by atoms with Gasteiger partial charge in [-0.1, -0.05) is 0 Å². The highest BCUT2D eigenvalue weighted by Crippen LogP contribution is 2.29. The van der Waals surface area contributed by atoms with Crippen LogP contribution in [0.1, 0.15) is 17.5 Å². The Balaban J connectivity index is 2.07. The zero-order valence-corrected chi connectivity index (χ0v) is 10.3. The van der Waals surface area contributed by atoms with E-state index in [0.29, 0.717) is 11.3 Å². The van der Waals surface area contributed by atoms with Gasteiger partial charge >= 0.3 is 5.63 Å². The molecule has 1 aliphatic carbocycles. The fraction of sp³-hybridized carbons (Fsp3) is 0.286. The van der Waals surface area contributed by atoms with E-state index < -0.39 is 5.91 Å². The highest BCUT2D eigenvalue weighted by atomic mass is 16.5. The molecule has 1 heterocycles. The van der Waals surface area contributed by atoms with Crippen molar-refractivity contribution in [1.29, 1.82) is 0 Å². The number of nitrogens with two attached hydrogens (primary N) is 1. The second kappa shape index (κ2) is 4.42. The molecule has 0 bridgehead atoms. The normalized spacial score (nSPS) is 13.5. The first kappa shape index (κ1) is 11.8. The topological polar surface area (TPSA) is 82.5 Å². The van der Waals surface area contributed by atoms with Crippen LogP contribution in [0.5, 0.6) is 5.75 Å². The molecule has 1 aliphatic rings. The lowest BCUT2D eigenvalue weighted by Crippen LogP contribution is -2.20. The Morgan fingerprint density at radius 2 is 2.11 bits per heavy atom. The zero-order chi connectivity index (χ0) is 13.4. The minimum absolute atomic E-state index is 0.194. The van der Waals surface area contributed by atoms with Crippen molar-refractivity contribution in [3.63, 3.8) is 0 Å². The number of carbonyl (C=O) groups is 1. The summed E-state index contributed by atoms with van der Waals surface area (Å²) in [6.45, 7) is -0.194. The lowest BCUT2D eigenvalue weighted by molar-refractivity contribution is -0.119. The molecule has 0 atom stereocenters. The smallest absolute Gasteiger partial charge is 0.339 e. The molecule has 0 radical (unpaired) electrons. The molecule has 2 N–H and O–H groups in total. The van der Waals surface area contributed by atoms with Crippen LogP contribution in [-0.4, -0.2) is 12.5 Å². The van der Waals surface area contributed by atoms with Crippen LogP contribution in [0.4, 0.5) is 0 Å². The summed E-state index contributed by atoms with van der Waals surface area (Å²) in [4.78, 5) is 22.5. The number of rotatable bonds is 3. The quantitative estimate of drug-likeness (QED) is 0.838. The van der Waals surface area contributed by atoms with Gasteiger partial charge in [0.25, 0.3) is 5.91 Å². The lowest BCUT2D eigenvalue weighted by Gasteiger charge is -2.07. The van der Waals surface area contributed by atoms with Crippen molar-refractivity contribution < 1.29 is 13.9 Å². The van der Waals surface area contributed by atoms with Crippen molar-refractivity contribution in [1.82, 2.24) is 0 Å². The summed E-state index contributed by atoms with van der Waals surface area (Å²) in [6.07, 6.45) is 2.67. The number of ether oxygens (including phenoxy) is 1. The van der Waals surface area contributed by atoms with Crippen molar-refractivity contribution in [2.45, 2.75) is 19.3 Å². The Bertz CT molecular complexity index is 717. The molecule has 1 amide bonds. The second-order valence-electron chi connectivity index (χ2n) is 4.61. The maximum absolute atomic E-state index is 11.8. The molecule has 0 saturated carbocycles. The summed E-state index contributed by atoms with van der Waals surface area (Å²) >= 11 is 0. The van der Waals surface area contributed by atoms with Crippen LogP contribution in [0.15, 0.2) is 27.4 Å². The van der Waals surface area contributed by atoms with Crippen LogP contribution in [0.3, 0.4) is 0 Å². The third-order valence-electron chi connectivity index (χ3n) is 3.33. The summed E-state index contributed by atoms with van der Waals surface area (Å²) in [6, 6.07) is 5.24. The molecule has 5 heteroatoms. The number of benzene rings is 1. The van der Waals surface area contributed by atoms with E-state index >= 15 is 0 Å². The van der Waals surface area contributed by atoms with Gasteiger partial charge in [0, 0.05) is 17.0 Å². The largest absolute Gasteiger partial charge is 0.484 e. The number of carbonyl (C=O) groups excluding carboxylic acids is 1. The van der Waals surface area contributed by atoms with E-state index in [1.165, 1.54) is 0 Å². The zero-order valence-electron chi connectivity index (χ0n) is 10.3. The Labute approximate surface area is 109 Å². The molecule has 2 aromatic rings. The Morgan fingerprint density at radius 1 is 1.32 bits per heavy atom. The van der Waals surface area contributed by atoms with Gasteiger partial charge in [0.15, 0.2) is 6.61 Å². The number of fused-ring (bicyclic) bond motifs is 3. The minimum atomic E-state index is -0.546. The lowest BCUT2D eigenvalue weighted by atomic mass is 10.1. The fourth-order valence-electron chi connectivity index (χ4n) is 2.51. The Kier molecular flexibility index (Phi) is 2.74. The molecule has 0 fully saturated rings. The summed E-state index contributed by atoms with van der Waals surface area (Å²) in [5.74, 6) is -0.0806. The van der Waals surface area contributed by atoms with Crippen LogP contribution in [0.25, 0.3) is 11.0 Å². The van der Waals surface area contributed by atoms with Gasteiger partial charge in [-0.05, 0) is 37.0 Å². The summed E-state index contributed by atoms with van der Waals surface area (Å²) < 4.78 is 10.5. The van der Waals surface area contributed by atoms with E-state index in [2.05, 4.69) is 0 Å². The molecule has 1 aromatic heterocycles. The van der Waals surface area contributed by atoms with Gasteiger partial charge in [-0.25, -0.2) is 4.79 Å². The number of hydrogen-bond acceptors (Lipinski definition) is 4. The predicted octanol–water partition coefficient (Wildman–Crippen LogP) is 1.15. The monoisotopic (exact) mass is 259 g/mol. The van der Waals surface area contributed by atoms with E-state index in [4.69, 9.17) is 14.9 Å². The first-order valence-electron chi connectivity index (χ1n) is 6.15. The minimum Gasteiger partial charge on any atom is -0.484 e.